The van der Waals surface area contributed by atoms with Crippen molar-refractivity contribution in [3.8, 4) is 0 Å². The minimum Gasteiger partial charge on any atom is -0.370 e. The summed E-state index contributed by atoms with van der Waals surface area (Å²) in [7, 11) is -0.737. The van der Waals surface area contributed by atoms with Gasteiger partial charge in [-0.2, -0.15) is 0 Å². The normalized spacial score (nSPS) is 36.7. The van der Waals surface area contributed by atoms with Crippen molar-refractivity contribution in [2.24, 2.45) is 11.8 Å². The van der Waals surface area contributed by atoms with Crippen molar-refractivity contribution in [1.82, 2.24) is 0 Å². The molecular weight excluding hydrogens is 408 g/mol. The Morgan fingerprint density at radius 1 is 0.533 bits per heavy atom. The molecule has 0 aromatic heterocycles. The largest absolute Gasteiger partial charge is 0.370 e. The molecule has 0 aromatic rings. The van der Waals surface area contributed by atoms with Crippen molar-refractivity contribution in [1.29, 1.82) is 0 Å². The fraction of sp³-hybridized carbons (Fsp3) is 1.00. The van der Waals surface area contributed by atoms with Crippen LogP contribution in [0.3, 0.4) is 0 Å². The first-order valence-electron chi connectivity index (χ1n) is 13.0. The molecule has 4 heteroatoms. The van der Waals surface area contributed by atoms with Crippen molar-refractivity contribution < 1.29 is 9.47 Å². The predicted molar refractivity (Wildman–Crippen MR) is 138 cm³/mol. The second-order valence-electron chi connectivity index (χ2n) is 12.1. The number of unbranched alkanes of at least 4 members (excludes halogenated alkanes) is 3. The summed E-state index contributed by atoms with van der Waals surface area (Å²) in [5, 5.41) is 0. The molecule has 178 valence electrons. The van der Waals surface area contributed by atoms with E-state index in [1.165, 1.54) is 100 Å². The maximum atomic E-state index is 5.72. The van der Waals surface area contributed by atoms with Gasteiger partial charge in [-0.3, -0.25) is 0 Å². The molecule has 0 bridgehead atoms. The van der Waals surface area contributed by atoms with E-state index in [0.717, 1.165) is 11.8 Å². The van der Waals surface area contributed by atoms with Crippen LogP contribution in [-0.2, 0) is 9.47 Å². The summed E-state index contributed by atoms with van der Waals surface area (Å²) in [6.07, 6.45) is 30.2. The minimum atomic E-state index is -0.368. The Kier molecular flexibility index (Phi) is 8.13. The second kappa shape index (κ2) is 10.3. The Labute approximate surface area is 190 Å². The van der Waals surface area contributed by atoms with E-state index in [4.69, 9.17) is 9.47 Å². The molecule has 0 N–H and O–H groups in total. The molecule has 30 heavy (non-hydrogen) atoms. The first kappa shape index (κ1) is 23.8. The van der Waals surface area contributed by atoms with E-state index in [1.807, 2.05) is 0 Å². The Hall–Kier alpha value is 0.620. The van der Waals surface area contributed by atoms with E-state index in [0.29, 0.717) is 24.4 Å². The summed E-state index contributed by atoms with van der Waals surface area (Å²) in [4.78, 5) is 0. The molecule has 2 saturated carbocycles. The van der Waals surface area contributed by atoms with E-state index in [9.17, 15) is 0 Å². The van der Waals surface area contributed by atoms with Crippen LogP contribution in [0.25, 0.3) is 0 Å². The van der Waals surface area contributed by atoms with Gasteiger partial charge in [0, 0.05) is 0 Å². The van der Waals surface area contributed by atoms with Crippen LogP contribution in [0, 0.1) is 11.8 Å². The van der Waals surface area contributed by atoms with Gasteiger partial charge in [0.15, 0.2) is 0 Å². The number of hydrogen-bond donors (Lipinski definition) is 0. The van der Waals surface area contributed by atoms with Crippen LogP contribution < -0.4 is 0 Å². The van der Waals surface area contributed by atoms with Gasteiger partial charge in [0.25, 0.3) is 0 Å². The van der Waals surface area contributed by atoms with Crippen LogP contribution in [0.4, 0.5) is 0 Å². The third-order valence-electron chi connectivity index (χ3n) is 8.53. The van der Waals surface area contributed by atoms with Crippen LogP contribution in [0.1, 0.15) is 77.0 Å². The molecule has 0 aromatic carbocycles. The number of hydrogen-bond acceptors (Lipinski definition) is 2. The fourth-order valence-electron chi connectivity index (χ4n) is 6.01. The second-order valence-corrected chi connectivity index (χ2v) is 20.8. The van der Waals surface area contributed by atoms with Gasteiger partial charge in [0.05, 0.1) is 24.4 Å². The monoisotopic (exact) mass is 458 g/mol. The highest BCUT2D eigenvalue weighted by Crippen LogP contribution is 2.47. The van der Waals surface area contributed by atoms with Crippen LogP contribution in [0.5, 0.6) is 0 Å². The van der Waals surface area contributed by atoms with E-state index < -0.39 is 0 Å². The van der Waals surface area contributed by atoms with Gasteiger partial charge in [-0.25, -0.2) is 20.1 Å². The molecule has 6 unspecified atom stereocenters. The summed E-state index contributed by atoms with van der Waals surface area (Å²) >= 11 is 0. The quantitative estimate of drug-likeness (QED) is 0.230. The molecule has 4 aliphatic rings. The van der Waals surface area contributed by atoms with Gasteiger partial charge >= 0.3 is 0 Å². The average molecular weight is 459 g/mol. The highest BCUT2D eigenvalue weighted by Gasteiger charge is 2.44. The van der Waals surface area contributed by atoms with Crippen molar-refractivity contribution >= 4 is 20.1 Å². The minimum absolute atomic E-state index is 0.368. The lowest BCUT2D eigenvalue weighted by Crippen LogP contribution is -2.17. The van der Waals surface area contributed by atoms with Crippen LogP contribution in [0.2, 0.25) is 0 Å². The molecule has 6 atom stereocenters. The zero-order valence-corrected chi connectivity index (χ0v) is 22.0. The van der Waals surface area contributed by atoms with E-state index in [2.05, 4.69) is 25.0 Å². The van der Waals surface area contributed by atoms with Crippen molar-refractivity contribution in [2.75, 3.05) is 48.0 Å². The first-order valence-corrected chi connectivity index (χ1v) is 18.6. The van der Waals surface area contributed by atoms with Gasteiger partial charge in [-0.1, -0.05) is 12.8 Å². The molecule has 2 nitrogen and oxygen atoms in total. The number of rotatable bonds is 13. The molecular formula is C26H50O2S2. The van der Waals surface area contributed by atoms with E-state index in [-0.39, 0.29) is 20.1 Å². The molecule has 0 spiro atoms. The van der Waals surface area contributed by atoms with E-state index in [1.54, 1.807) is 0 Å². The number of ether oxygens (including phenoxy) is 2. The third kappa shape index (κ3) is 7.59. The molecule has 0 radical (unpaired) electrons. The molecule has 4 fully saturated rings. The lowest BCUT2D eigenvalue weighted by molar-refractivity contribution is 0.358. The maximum absolute atomic E-state index is 5.72. The Balaban J connectivity index is 1.00. The zero-order chi connectivity index (χ0) is 21.2. The van der Waals surface area contributed by atoms with Gasteiger partial charge < -0.3 is 9.47 Å². The lowest BCUT2D eigenvalue weighted by Gasteiger charge is -2.34. The highest BCUT2D eigenvalue weighted by molar-refractivity contribution is 8.32. The topological polar surface area (TPSA) is 25.1 Å². The first-order chi connectivity index (χ1) is 14.3. The third-order valence-corrected chi connectivity index (χ3v) is 14.0. The van der Waals surface area contributed by atoms with Gasteiger partial charge in [0.2, 0.25) is 0 Å². The summed E-state index contributed by atoms with van der Waals surface area (Å²) in [6.45, 7) is 0. The zero-order valence-electron chi connectivity index (χ0n) is 20.4. The standard InChI is InChI=1S/C26H50O2S2/c1-29(2,17-13-21-9-11-23-25(19-21)27-23)15-7-5-6-8-16-30(3,4)18-14-22-10-12-24-26(20-22)28-24/h21-26H,5-20H2,1-4H3. The number of fused-ring (bicyclic) bond motifs is 2. The molecule has 2 heterocycles. The van der Waals surface area contributed by atoms with Crippen LogP contribution in [0.15, 0.2) is 0 Å². The summed E-state index contributed by atoms with van der Waals surface area (Å²) < 4.78 is 11.4. The number of epoxide rings is 2. The van der Waals surface area contributed by atoms with Crippen molar-refractivity contribution in [2.45, 2.75) is 101 Å². The summed E-state index contributed by atoms with van der Waals surface area (Å²) in [6, 6.07) is 0. The molecule has 2 aliphatic heterocycles. The predicted octanol–water partition coefficient (Wildman–Crippen LogP) is 6.59. The van der Waals surface area contributed by atoms with E-state index >= 15 is 0 Å². The average Bonchev–Trinajstić information content (AvgIpc) is 3.61. The Bertz CT molecular complexity index is 501. The molecule has 2 saturated heterocycles. The molecule has 4 rings (SSSR count). The summed E-state index contributed by atoms with van der Waals surface area (Å²) in [5.74, 6) is 7.95. The lowest BCUT2D eigenvalue weighted by atomic mass is 9.88. The van der Waals surface area contributed by atoms with Gasteiger partial charge in [-0.05, 0) is 124 Å². The smallest absolute Gasteiger partial charge is 0.0844 e. The maximum Gasteiger partial charge on any atom is 0.0844 e. The fourth-order valence-corrected chi connectivity index (χ4v) is 10.3. The van der Waals surface area contributed by atoms with Gasteiger partial charge in [0.1, 0.15) is 0 Å². The SMILES string of the molecule is CS(C)(CCCCCCS(C)(C)CCC1CCC2OC2C1)CCC1CCC2OC2C1. The molecule has 0 amide bonds. The van der Waals surface area contributed by atoms with Crippen molar-refractivity contribution in [3.63, 3.8) is 0 Å². The van der Waals surface area contributed by atoms with Crippen molar-refractivity contribution in [3.05, 3.63) is 0 Å². The Morgan fingerprint density at radius 2 is 0.967 bits per heavy atom. The summed E-state index contributed by atoms with van der Waals surface area (Å²) in [5.41, 5.74) is 0. The van der Waals surface area contributed by atoms with Crippen LogP contribution >= 0.6 is 20.1 Å². The van der Waals surface area contributed by atoms with Crippen LogP contribution in [-0.4, -0.2) is 72.5 Å². The van der Waals surface area contributed by atoms with Gasteiger partial charge in [-0.15, -0.1) is 0 Å². The molecule has 2 aliphatic carbocycles. The highest BCUT2D eigenvalue weighted by atomic mass is 32.3. The Morgan fingerprint density at radius 3 is 1.37 bits per heavy atom.